The van der Waals surface area contributed by atoms with Gasteiger partial charge in [-0.15, -0.1) is 0 Å². The van der Waals surface area contributed by atoms with E-state index in [2.05, 4.69) is 0 Å². The number of rotatable bonds is 2. The molecular weight excluding hydrogens is 219 g/mol. The molecule has 1 amide bonds. The zero-order valence-corrected chi connectivity index (χ0v) is 9.95. The number of nitrogens with two attached hydrogens (primary N) is 1. The number of carbonyl (C=O) groups is 1. The first-order valence-electron chi connectivity index (χ1n) is 5.92. The van der Waals surface area contributed by atoms with Crippen LogP contribution in [-0.4, -0.2) is 23.9 Å². The van der Waals surface area contributed by atoms with Gasteiger partial charge in [0.2, 0.25) is 0 Å². The van der Waals surface area contributed by atoms with Crippen molar-refractivity contribution in [2.24, 2.45) is 0 Å². The second kappa shape index (κ2) is 4.73. The summed E-state index contributed by atoms with van der Waals surface area (Å²) in [4.78, 5) is 13.8. The molecule has 0 spiro atoms. The molecule has 0 aliphatic heterocycles. The number of carbonyl (C=O) groups excluding carboxylic acids is 1. The smallest absolute Gasteiger partial charge is 0.253 e. The van der Waals surface area contributed by atoms with E-state index in [1.165, 1.54) is 25.0 Å². The maximum atomic E-state index is 13.3. The van der Waals surface area contributed by atoms with Crippen LogP contribution in [0.2, 0.25) is 0 Å². The fraction of sp³-hybridized carbons (Fsp3) is 0.462. The van der Waals surface area contributed by atoms with E-state index in [1.54, 1.807) is 18.0 Å². The van der Waals surface area contributed by atoms with Gasteiger partial charge in [-0.3, -0.25) is 4.79 Å². The molecule has 1 aliphatic carbocycles. The lowest BCUT2D eigenvalue weighted by Gasteiger charge is -2.24. The van der Waals surface area contributed by atoms with Crippen molar-refractivity contribution in [1.82, 2.24) is 4.90 Å². The van der Waals surface area contributed by atoms with Crippen molar-refractivity contribution in [2.45, 2.75) is 31.7 Å². The first-order valence-corrected chi connectivity index (χ1v) is 5.92. The van der Waals surface area contributed by atoms with Crippen LogP contribution in [0.15, 0.2) is 18.2 Å². The summed E-state index contributed by atoms with van der Waals surface area (Å²) in [5.41, 5.74) is 5.83. The Kier molecular flexibility index (Phi) is 3.31. The van der Waals surface area contributed by atoms with Crippen molar-refractivity contribution in [3.8, 4) is 0 Å². The normalized spacial score (nSPS) is 16.1. The molecule has 1 aromatic carbocycles. The van der Waals surface area contributed by atoms with E-state index < -0.39 is 5.82 Å². The molecule has 0 saturated heterocycles. The molecule has 3 nitrogen and oxygen atoms in total. The largest absolute Gasteiger partial charge is 0.396 e. The number of anilines is 1. The molecule has 17 heavy (non-hydrogen) atoms. The third-order valence-corrected chi connectivity index (χ3v) is 3.44. The summed E-state index contributed by atoms with van der Waals surface area (Å²) in [7, 11) is 1.78. The van der Waals surface area contributed by atoms with Crippen molar-refractivity contribution < 1.29 is 9.18 Å². The molecule has 1 aromatic rings. The summed E-state index contributed by atoms with van der Waals surface area (Å²) >= 11 is 0. The van der Waals surface area contributed by atoms with Gasteiger partial charge in [-0.05, 0) is 31.0 Å². The molecule has 4 heteroatoms. The highest BCUT2D eigenvalue weighted by Crippen LogP contribution is 2.24. The van der Waals surface area contributed by atoms with E-state index in [4.69, 9.17) is 5.73 Å². The van der Waals surface area contributed by atoms with E-state index in [0.717, 1.165) is 12.8 Å². The minimum Gasteiger partial charge on any atom is -0.396 e. The van der Waals surface area contributed by atoms with E-state index in [9.17, 15) is 9.18 Å². The monoisotopic (exact) mass is 236 g/mol. The molecular formula is C13H17FN2O. The number of nitrogens with zero attached hydrogens (tertiary/aromatic N) is 1. The Bertz CT molecular complexity index is 427. The van der Waals surface area contributed by atoms with E-state index in [0.29, 0.717) is 11.6 Å². The maximum absolute atomic E-state index is 13.3. The summed E-state index contributed by atoms with van der Waals surface area (Å²) in [6, 6.07) is 4.52. The van der Waals surface area contributed by atoms with Crippen LogP contribution in [0.3, 0.4) is 0 Å². The Morgan fingerprint density at radius 2 is 2.06 bits per heavy atom. The van der Waals surface area contributed by atoms with Crippen molar-refractivity contribution in [3.63, 3.8) is 0 Å². The van der Waals surface area contributed by atoms with Crippen LogP contribution in [0, 0.1) is 5.82 Å². The number of amides is 1. The Labute approximate surface area is 100 Å². The molecule has 1 aliphatic rings. The van der Waals surface area contributed by atoms with Gasteiger partial charge in [0, 0.05) is 18.7 Å². The second-order valence-corrected chi connectivity index (χ2v) is 4.59. The SMILES string of the molecule is CN(C(=O)c1ccc(N)c(F)c1)C1CCCC1. The molecule has 0 aromatic heterocycles. The molecule has 0 unspecified atom stereocenters. The van der Waals surface area contributed by atoms with Crippen LogP contribution in [0.5, 0.6) is 0 Å². The third-order valence-electron chi connectivity index (χ3n) is 3.44. The summed E-state index contributed by atoms with van der Waals surface area (Å²) in [5.74, 6) is -0.661. The molecule has 0 bridgehead atoms. The zero-order chi connectivity index (χ0) is 12.4. The number of nitrogen functional groups attached to an aromatic ring is 1. The minimum atomic E-state index is -0.532. The Morgan fingerprint density at radius 1 is 1.41 bits per heavy atom. The predicted octanol–water partition coefficient (Wildman–Crippen LogP) is 2.42. The lowest BCUT2D eigenvalue weighted by Crippen LogP contribution is -2.35. The summed E-state index contributed by atoms with van der Waals surface area (Å²) < 4.78 is 13.3. The van der Waals surface area contributed by atoms with Gasteiger partial charge in [0.05, 0.1) is 5.69 Å². The summed E-state index contributed by atoms with van der Waals surface area (Å²) in [6.07, 6.45) is 4.41. The second-order valence-electron chi connectivity index (χ2n) is 4.59. The van der Waals surface area contributed by atoms with Crippen molar-refractivity contribution in [1.29, 1.82) is 0 Å². The lowest BCUT2D eigenvalue weighted by atomic mass is 10.1. The quantitative estimate of drug-likeness (QED) is 0.801. The third kappa shape index (κ3) is 2.40. The maximum Gasteiger partial charge on any atom is 0.253 e. The molecule has 0 radical (unpaired) electrons. The van der Waals surface area contributed by atoms with Crippen molar-refractivity contribution in [3.05, 3.63) is 29.6 Å². The van der Waals surface area contributed by atoms with Crippen molar-refractivity contribution >= 4 is 11.6 Å². The summed E-state index contributed by atoms with van der Waals surface area (Å²) in [6.45, 7) is 0. The standard InChI is InChI=1S/C13H17FN2O/c1-16(10-4-2-3-5-10)13(17)9-6-7-12(15)11(14)8-9/h6-8,10H,2-5,15H2,1H3. The first-order chi connectivity index (χ1) is 8.09. The average Bonchev–Trinajstić information content (AvgIpc) is 2.84. The highest BCUT2D eigenvalue weighted by molar-refractivity contribution is 5.94. The topological polar surface area (TPSA) is 46.3 Å². The van der Waals surface area contributed by atoms with Gasteiger partial charge in [-0.1, -0.05) is 12.8 Å². The molecule has 2 N–H and O–H groups in total. The van der Waals surface area contributed by atoms with Crippen LogP contribution < -0.4 is 5.73 Å². The van der Waals surface area contributed by atoms with Crippen molar-refractivity contribution in [2.75, 3.05) is 12.8 Å². The number of halogens is 1. The van der Waals surface area contributed by atoms with E-state index in [-0.39, 0.29) is 11.6 Å². The van der Waals surface area contributed by atoms with Gasteiger partial charge in [0.25, 0.3) is 5.91 Å². The zero-order valence-electron chi connectivity index (χ0n) is 9.95. The highest BCUT2D eigenvalue weighted by Gasteiger charge is 2.24. The van der Waals surface area contributed by atoms with Gasteiger partial charge in [-0.2, -0.15) is 0 Å². The fourth-order valence-corrected chi connectivity index (χ4v) is 2.32. The summed E-state index contributed by atoms with van der Waals surface area (Å²) in [5, 5.41) is 0. The van der Waals surface area contributed by atoms with Crippen LogP contribution in [0.25, 0.3) is 0 Å². The lowest BCUT2D eigenvalue weighted by molar-refractivity contribution is 0.0734. The van der Waals surface area contributed by atoms with Gasteiger partial charge >= 0.3 is 0 Å². The van der Waals surface area contributed by atoms with Gasteiger partial charge in [0.15, 0.2) is 0 Å². The highest BCUT2D eigenvalue weighted by atomic mass is 19.1. The fourth-order valence-electron chi connectivity index (χ4n) is 2.32. The molecule has 2 rings (SSSR count). The van der Waals surface area contributed by atoms with E-state index in [1.807, 2.05) is 0 Å². The Balaban J connectivity index is 2.15. The molecule has 1 fully saturated rings. The van der Waals surface area contributed by atoms with Crippen LogP contribution in [0.1, 0.15) is 36.0 Å². The molecule has 0 atom stereocenters. The number of hydrogen-bond acceptors (Lipinski definition) is 2. The van der Waals surface area contributed by atoms with Gasteiger partial charge < -0.3 is 10.6 Å². The van der Waals surface area contributed by atoms with Gasteiger partial charge in [-0.25, -0.2) is 4.39 Å². The Hall–Kier alpha value is -1.58. The average molecular weight is 236 g/mol. The van der Waals surface area contributed by atoms with Crippen LogP contribution in [-0.2, 0) is 0 Å². The number of benzene rings is 1. The van der Waals surface area contributed by atoms with Crippen LogP contribution >= 0.6 is 0 Å². The van der Waals surface area contributed by atoms with Gasteiger partial charge in [0.1, 0.15) is 5.82 Å². The molecule has 0 heterocycles. The van der Waals surface area contributed by atoms with Crippen LogP contribution in [0.4, 0.5) is 10.1 Å². The molecule has 1 saturated carbocycles. The minimum absolute atomic E-state index is 0.0741. The number of hydrogen-bond donors (Lipinski definition) is 1. The molecule has 92 valence electrons. The first kappa shape index (κ1) is 11.9. The Morgan fingerprint density at radius 3 is 2.65 bits per heavy atom. The predicted molar refractivity (Wildman–Crippen MR) is 65.2 cm³/mol. The van der Waals surface area contributed by atoms with E-state index >= 15 is 0 Å².